The molecule has 2 aromatic rings. The fourth-order valence-electron chi connectivity index (χ4n) is 3.81. The summed E-state index contributed by atoms with van der Waals surface area (Å²) >= 11 is 5.83. The molecule has 1 N–H and O–H groups in total. The molecule has 28 heavy (non-hydrogen) atoms. The van der Waals surface area contributed by atoms with Crippen molar-refractivity contribution in [3.8, 4) is 0 Å². The molecular weight excluding hydrogens is 383 g/mol. The van der Waals surface area contributed by atoms with Gasteiger partial charge < -0.3 is 10.2 Å². The lowest BCUT2D eigenvalue weighted by Crippen LogP contribution is -2.38. The molecule has 1 saturated heterocycles. The van der Waals surface area contributed by atoms with Crippen LogP contribution in [-0.4, -0.2) is 41.0 Å². The first-order valence-corrected chi connectivity index (χ1v) is 9.71. The molecule has 1 saturated carbocycles. The number of anilines is 2. The third-order valence-corrected chi connectivity index (χ3v) is 5.50. The third kappa shape index (κ3) is 3.67. The van der Waals surface area contributed by atoms with E-state index in [1.54, 1.807) is 17.0 Å². The zero-order chi connectivity index (χ0) is 19.7. The molecule has 8 heteroatoms. The van der Waals surface area contributed by atoms with Gasteiger partial charge in [0.25, 0.3) is 5.91 Å². The summed E-state index contributed by atoms with van der Waals surface area (Å²) in [7, 11) is 0. The zero-order valence-corrected chi connectivity index (χ0v) is 16.0. The topological polar surface area (TPSA) is 65.5 Å². The van der Waals surface area contributed by atoms with Gasteiger partial charge in [-0.1, -0.05) is 24.4 Å². The Balaban J connectivity index is 1.43. The number of hydrogen-bond acceptors (Lipinski definition) is 3. The van der Waals surface area contributed by atoms with E-state index >= 15 is 0 Å². The number of pyridine rings is 1. The minimum Gasteiger partial charge on any atom is -0.320 e. The lowest BCUT2D eigenvalue weighted by atomic mass is 10.2. The van der Waals surface area contributed by atoms with Gasteiger partial charge in [-0.3, -0.25) is 9.69 Å². The van der Waals surface area contributed by atoms with Crippen LogP contribution in [0.4, 0.5) is 20.7 Å². The number of rotatable bonds is 4. The summed E-state index contributed by atoms with van der Waals surface area (Å²) in [4.78, 5) is 32.9. The normalized spacial score (nSPS) is 17.4. The van der Waals surface area contributed by atoms with Crippen molar-refractivity contribution in [3.05, 3.63) is 52.9 Å². The molecule has 4 rings (SSSR count). The Morgan fingerprint density at radius 2 is 1.96 bits per heavy atom. The minimum absolute atomic E-state index is 0.0165. The lowest BCUT2D eigenvalue weighted by molar-refractivity contribution is 0.102. The number of urea groups is 1. The first-order valence-electron chi connectivity index (χ1n) is 9.33. The van der Waals surface area contributed by atoms with E-state index in [-0.39, 0.29) is 16.6 Å². The molecule has 146 valence electrons. The lowest BCUT2D eigenvalue weighted by Gasteiger charge is -2.23. The maximum atomic E-state index is 13.8. The van der Waals surface area contributed by atoms with Gasteiger partial charge in [0.2, 0.25) is 0 Å². The molecule has 6 nitrogen and oxygen atoms in total. The number of halogens is 2. The predicted molar refractivity (Wildman–Crippen MR) is 105 cm³/mol. The second-order valence-corrected chi connectivity index (χ2v) is 7.49. The molecule has 1 aliphatic carbocycles. The molecule has 3 amide bonds. The van der Waals surface area contributed by atoms with Crippen LogP contribution in [0.1, 0.15) is 36.0 Å². The van der Waals surface area contributed by atoms with E-state index in [1.807, 2.05) is 4.90 Å². The highest BCUT2D eigenvalue weighted by Crippen LogP contribution is 2.28. The number of benzene rings is 1. The molecular formula is C20H20ClFN4O2. The quantitative estimate of drug-likeness (QED) is 0.828. The van der Waals surface area contributed by atoms with Gasteiger partial charge in [0, 0.05) is 24.2 Å². The molecule has 2 aliphatic rings. The van der Waals surface area contributed by atoms with Crippen LogP contribution >= 0.6 is 11.6 Å². The first-order chi connectivity index (χ1) is 13.5. The second kappa shape index (κ2) is 7.75. The van der Waals surface area contributed by atoms with E-state index in [0.29, 0.717) is 30.6 Å². The molecule has 0 spiro atoms. The van der Waals surface area contributed by atoms with Gasteiger partial charge in [-0.25, -0.2) is 14.2 Å². The highest BCUT2D eigenvalue weighted by molar-refractivity contribution is 6.31. The molecule has 0 radical (unpaired) electrons. The largest absolute Gasteiger partial charge is 0.326 e. The maximum Gasteiger partial charge on any atom is 0.326 e. The number of carbonyl (C=O) groups is 2. The van der Waals surface area contributed by atoms with Crippen molar-refractivity contribution in [2.75, 3.05) is 23.3 Å². The van der Waals surface area contributed by atoms with Crippen molar-refractivity contribution in [1.82, 2.24) is 9.88 Å². The van der Waals surface area contributed by atoms with Gasteiger partial charge in [-0.2, -0.15) is 0 Å². The number of nitrogens with one attached hydrogen (secondary N) is 1. The van der Waals surface area contributed by atoms with E-state index in [1.165, 1.54) is 31.2 Å². The van der Waals surface area contributed by atoms with Crippen LogP contribution in [-0.2, 0) is 0 Å². The summed E-state index contributed by atoms with van der Waals surface area (Å²) in [6, 6.07) is 7.45. The van der Waals surface area contributed by atoms with Crippen molar-refractivity contribution in [2.24, 2.45) is 0 Å². The first kappa shape index (κ1) is 18.7. The number of aromatic nitrogens is 1. The fourth-order valence-corrected chi connectivity index (χ4v) is 3.98. The van der Waals surface area contributed by atoms with Gasteiger partial charge in [-0.05, 0) is 43.2 Å². The Morgan fingerprint density at radius 1 is 1.18 bits per heavy atom. The Kier molecular flexibility index (Phi) is 5.17. The van der Waals surface area contributed by atoms with Crippen LogP contribution in [0.15, 0.2) is 36.5 Å². The molecule has 0 atom stereocenters. The van der Waals surface area contributed by atoms with Gasteiger partial charge >= 0.3 is 6.03 Å². The summed E-state index contributed by atoms with van der Waals surface area (Å²) in [6.45, 7) is 1.31. The van der Waals surface area contributed by atoms with Crippen LogP contribution in [0, 0.1) is 5.82 Å². The summed E-state index contributed by atoms with van der Waals surface area (Å²) in [6.07, 6.45) is 5.94. The van der Waals surface area contributed by atoms with Crippen LogP contribution in [0.3, 0.4) is 0 Å². The summed E-state index contributed by atoms with van der Waals surface area (Å²) in [5.41, 5.74) is 0.269. The van der Waals surface area contributed by atoms with E-state index in [9.17, 15) is 14.0 Å². The Hall–Kier alpha value is -2.67. The highest BCUT2D eigenvalue weighted by atomic mass is 35.5. The highest BCUT2D eigenvalue weighted by Gasteiger charge is 2.36. The monoisotopic (exact) mass is 402 g/mol. The third-order valence-electron chi connectivity index (χ3n) is 5.26. The van der Waals surface area contributed by atoms with E-state index in [4.69, 9.17) is 11.6 Å². The van der Waals surface area contributed by atoms with Gasteiger partial charge in [0.1, 0.15) is 11.6 Å². The van der Waals surface area contributed by atoms with Crippen molar-refractivity contribution in [2.45, 2.75) is 31.7 Å². The number of carbonyl (C=O) groups excluding carboxylic acids is 2. The van der Waals surface area contributed by atoms with Crippen LogP contribution in [0.2, 0.25) is 5.02 Å². The summed E-state index contributed by atoms with van der Waals surface area (Å²) in [5.74, 6) is -0.724. The molecule has 0 unspecified atom stereocenters. The Bertz CT molecular complexity index is 900. The Labute approximate surface area is 167 Å². The number of amides is 3. The Morgan fingerprint density at radius 3 is 2.68 bits per heavy atom. The van der Waals surface area contributed by atoms with Crippen LogP contribution in [0.25, 0.3) is 0 Å². The van der Waals surface area contributed by atoms with E-state index < -0.39 is 11.7 Å². The predicted octanol–water partition coefficient (Wildman–Crippen LogP) is 4.31. The average molecular weight is 403 g/mol. The SMILES string of the molecule is O=C(Nc1ccc(N2CCN(C3CCCC3)C2=O)nc1)c1cc(Cl)ccc1F. The standard InChI is InChI=1S/C20H20ClFN4O2/c21-13-5-7-17(22)16(11-13)19(27)24-14-6-8-18(23-12-14)26-10-9-25(20(26)28)15-3-1-2-4-15/h5-8,11-12,15H,1-4,9-10H2,(H,24,27). The van der Waals surface area contributed by atoms with Gasteiger partial charge in [0.05, 0.1) is 17.4 Å². The smallest absolute Gasteiger partial charge is 0.320 e. The van der Waals surface area contributed by atoms with Crippen LogP contribution in [0.5, 0.6) is 0 Å². The zero-order valence-electron chi connectivity index (χ0n) is 15.2. The van der Waals surface area contributed by atoms with Crippen molar-refractivity contribution in [3.63, 3.8) is 0 Å². The van der Waals surface area contributed by atoms with Crippen molar-refractivity contribution in [1.29, 1.82) is 0 Å². The molecule has 1 aromatic carbocycles. The minimum atomic E-state index is -0.652. The van der Waals surface area contributed by atoms with Gasteiger partial charge in [0.15, 0.2) is 0 Å². The molecule has 0 bridgehead atoms. The molecule has 1 aromatic heterocycles. The molecule has 1 aliphatic heterocycles. The van der Waals surface area contributed by atoms with Crippen LogP contribution < -0.4 is 10.2 Å². The molecule has 2 fully saturated rings. The van der Waals surface area contributed by atoms with Crippen molar-refractivity contribution >= 4 is 35.0 Å². The maximum absolute atomic E-state index is 13.8. The number of nitrogens with zero attached hydrogens (tertiary/aromatic N) is 3. The second-order valence-electron chi connectivity index (χ2n) is 7.05. The number of hydrogen-bond donors (Lipinski definition) is 1. The van der Waals surface area contributed by atoms with E-state index in [0.717, 1.165) is 18.9 Å². The summed E-state index contributed by atoms with van der Waals surface area (Å²) in [5, 5.41) is 2.87. The van der Waals surface area contributed by atoms with Crippen molar-refractivity contribution < 1.29 is 14.0 Å². The summed E-state index contributed by atoms with van der Waals surface area (Å²) < 4.78 is 13.8. The fraction of sp³-hybridized carbons (Fsp3) is 0.350. The van der Waals surface area contributed by atoms with E-state index in [2.05, 4.69) is 10.3 Å². The average Bonchev–Trinajstić information content (AvgIpc) is 3.34. The van der Waals surface area contributed by atoms with Gasteiger partial charge in [-0.15, -0.1) is 0 Å². The molecule has 2 heterocycles.